The van der Waals surface area contributed by atoms with Crippen molar-refractivity contribution in [3.05, 3.63) is 14.7 Å². The third kappa shape index (κ3) is 1.28. The van der Waals surface area contributed by atoms with E-state index in [9.17, 15) is 0 Å². The second kappa shape index (κ2) is 3.07. The Bertz CT molecular complexity index is 248. The average molecular weight is 190 g/mol. The molecule has 0 unspecified atom stereocenters. The van der Waals surface area contributed by atoms with Crippen LogP contribution < -0.4 is 8.56 Å². The Kier molecular flexibility index (Phi) is 2.11. The standard InChI is InChI=1S/C6H8NS3/c1-2-8-5-7(1)6-9-3-4-10-6/h3-4H,1-2,5H2/q+1. The molecule has 4 heteroatoms. The van der Waals surface area contributed by atoms with Gasteiger partial charge in [0.1, 0.15) is 0 Å². The Balaban J connectivity index is 2.46. The fourth-order valence-electron chi connectivity index (χ4n) is 0.907. The van der Waals surface area contributed by atoms with Crippen LogP contribution >= 0.6 is 34.4 Å². The van der Waals surface area contributed by atoms with Crippen LogP contribution in [0.5, 0.6) is 0 Å². The second-order valence-corrected chi connectivity index (χ2v) is 5.20. The van der Waals surface area contributed by atoms with Crippen LogP contribution in [0.2, 0.25) is 0 Å². The number of thioether (sulfide) groups is 1. The largest absolute Gasteiger partial charge is 0.314 e. The molecule has 0 saturated carbocycles. The van der Waals surface area contributed by atoms with E-state index in [2.05, 4.69) is 15.3 Å². The summed E-state index contributed by atoms with van der Waals surface area (Å²) in [7, 11) is 0. The molecule has 1 aromatic rings. The first kappa shape index (κ1) is 6.88. The van der Waals surface area contributed by atoms with Gasteiger partial charge < -0.3 is 0 Å². The first-order valence-corrected chi connectivity index (χ1v) is 6.06. The summed E-state index contributed by atoms with van der Waals surface area (Å²) < 4.78 is 3.91. The maximum Gasteiger partial charge on any atom is 0.314 e. The minimum atomic E-state index is 1.19. The van der Waals surface area contributed by atoms with Crippen molar-refractivity contribution in [2.75, 3.05) is 18.2 Å². The van der Waals surface area contributed by atoms with E-state index in [0.29, 0.717) is 0 Å². The zero-order valence-corrected chi connectivity index (χ0v) is 7.90. The Morgan fingerprint density at radius 3 is 2.70 bits per heavy atom. The third-order valence-corrected chi connectivity index (χ3v) is 4.58. The van der Waals surface area contributed by atoms with Gasteiger partial charge in [0, 0.05) is 10.8 Å². The van der Waals surface area contributed by atoms with Crippen molar-refractivity contribution in [1.82, 2.24) is 4.58 Å². The van der Waals surface area contributed by atoms with E-state index in [4.69, 9.17) is 0 Å². The molecule has 1 fully saturated rings. The molecule has 1 aliphatic rings. The maximum absolute atomic E-state index is 2.44. The molecule has 0 N–H and O–H groups in total. The molecule has 0 spiro atoms. The van der Waals surface area contributed by atoms with Gasteiger partial charge in [0.25, 0.3) is 0 Å². The fraction of sp³-hybridized carbons (Fsp3) is 0.500. The maximum atomic E-state index is 2.44. The van der Waals surface area contributed by atoms with Crippen molar-refractivity contribution in [1.29, 1.82) is 0 Å². The van der Waals surface area contributed by atoms with Crippen LogP contribution in [0.25, 0.3) is 0 Å². The molecular formula is C6H8NS3+. The lowest BCUT2D eigenvalue weighted by molar-refractivity contribution is 0.742. The second-order valence-electron chi connectivity index (χ2n) is 2.07. The SMILES string of the molecule is c1csc(=[N+]2CCSC2)s1. The molecule has 54 valence electrons. The van der Waals surface area contributed by atoms with Gasteiger partial charge >= 0.3 is 3.98 Å². The lowest BCUT2D eigenvalue weighted by Crippen LogP contribution is -2.21. The van der Waals surface area contributed by atoms with Crippen molar-refractivity contribution >= 4 is 34.4 Å². The molecule has 10 heavy (non-hydrogen) atoms. The highest BCUT2D eigenvalue weighted by molar-refractivity contribution is 7.99. The van der Waals surface area contributed by atoms with Crippen molar-refractivity contribution in [3.63, 3.8) is 0 Å². The first-order valence-electron chi connectivity index (χ1n) is 3.15. The molecule has 0 radical (unpaired) electrons. The summed E-state index contributed by atoms with van der Waals surface area (Å²) in [4.78, 5) is 0. The molecule has 0 bridgehead atoms. The quantitative estimate of drug-likeness (QED) is 0.557. The minimum absolute atomic E-state index is 1.19. The molecule has 0 aliphatic carbocycles. The highest BCUT2D eigenvalue weighted by Gasteiger charge is 2.14. The van der Waals surface area contributed by atoms with Gasteiger partial charge in [0.15, 0.2) is 12.4 Å². The normalized spacial score (nSPS) is 18.2. The number of nitrogens with zero attached hydrogens (tertiary/aromatic N) is 1. The molecule has 2 rings (SSSR count). The monoisotopic (exact) mass is 190 g/mol. The van der Waals surface area contributed by atoms with Gasteiger partial charge in [-0.1, -0.05) is 34.4 Å². The Morgan fingerprint density at radius 1 is 1.30 bits per heavy atom. The van der Waals surface area contributed by atoms with Crippen LogP contribution in [0.4, 0.5) is 0 Å². The highest BCUT2D eigenvalue weighted by Crippen LogP contribution is 2.06. The minimum Gasteiger partial charge on any atom is -0.201 e. The van der Waals surface area contributed by atoms with Gasteiger partial charge in [-0.25, -0.2) is 4.58 Å². The first-order chi connectivity index (χ1) is 4.97. The molecule has 2 heterocycles. The van der Waals surface area contributed by atoms with Crippen molar-refractivity contribution in [3.8, 4) is 0 Å². The van der Waals surface area contributed by atoms with Crippen LogP contribution in [-0.4, -0.2) is 18.2 Å². The molecule has 0 aromatic carbocycles. The highest BCUT2D eigenvalue weighted by atomic mass is 32.2. The molecular weight excluding hydrogens is 182 g/mol. The lowest BCUT2D eigenvalue weighted by Gasteiger charge is -1.82. The zero-order chi connectivity index (χ0) is 6.81. The number of hydrogen-bond acceptors (Lipinski definition) is 3. The van der Waals surface area contributed by atoms with Crippen molar-refractivity contribution < 1.29 is 0 Å². The van der Waals surface area contributed by atoms with E-state index in [-0.39, 0.29) is 0 Å². The molecule has 0 atom stereocenters. The summed E-state index contributed by atoms with van der Waals surface area (Å²) in [5.41, 5.74) is 0. The van der Waals surface area contributed by atoms with Crippen LogP contribution in [-0.2, 0) is 0 Å². The predicted molar refractivity (Wildman–Crippen MR) is 49.7 cm³/mol. The topological polar surface area (TPSA) is 3.01 Å². The molecule has 0 amide bonds. The van der Waals surface area contributed by atoms with Gasteiger partial charge in [0.2, 0.25) is 0 Å². The average Bonchev–Trinajstić information content (AvgIpc) is 2.59. The number of hydrogen-bond donors (Lipinski definition) is 0. The van der Waals surface area contributed by atoms with Crippen molar-refractivity contribution in [2.45, 2.75) is 0 Å². The van der Waals surface area contributed by atoms with E-state index < -0.39 is 0 Å². The van der Waals surface area contributed by atoms with Crippen LogP contribution in [0.1, 0.15) is 0 Å². The predicted octanol–water partition coefficient (Wildman–Crippen LogP) is 1.29. The summed E-state index contributed by atoms with van der Waals surface area (Å²) in [5.74, 6) is 2.49. The molecule has 1 aromatic heterocycles. The van der Waals surface area contributed by atoms with Gasteiger partial charge in [-0.3, -0.25) is 0 Å². The third-order valence-electron chi connectivity index (χ3n) is 1.40. The van der Waals surface area contributed by atoms with E-state index >= 15 is 0 Å². The summed E-state index contributed by atoms with van der Waals surface area (Å²) in [6.45, 7) is 1.24. The number of rotatable bonds is 0. The van der Waals surface area contributed by atoms with Crippen LogP contribution in [0.15, 0.2) is 10.8 Å². The van der Waals surface area contributed by atoms with Crippen molar-refractivity contribution in [2.24, 2.45) is 0 Å². The smallest absolute Gasteiger partial charge is 0.201 e. The van der Waals surface area contributed by atoms with E-state index in [1.54, 1.807) is 0 Å². The fourth-order valence-corrected chi connectivity index (χ4v) is 3.87. The van der Waals surface area contributed by atoms with Crippen LogP contribution in [0, 0.1) is 0 Å². The lowest BCUT2D eigenvalue weighted by atomic mass is 10.7. The van der Waals surface area contributed by atoms with E-state index in [1.165, 1.54) is 22.2 Å². The summed E-state index contributed by atoms with van der Waals surface area (Å²) >= 11 is 5.72. The molecule has 1 nitrogen and oxygen atoms in total. The molecule has 1 saturated heterocycles. The van der Waals surface area contributed by atoms with Gasteiger partial charge in [0.05, 0.1) is 5.75 Å². The Morgan fingerprint density at radius 2 is 2.10 bits per heavy atom. The van der Waals surface area contributed by atoms with E-state index in [0.717, 1.165) is 0 Å². The molecule has 1 aliphatic heterocycles. The summed E-state index contributed by atoms with van der Waals surface area (Å²) in [6.07, 6.45) is 0. The van der Waals surface area contributed by atoms with Gasteiger partial charge in [-0.05, 0) is 0 Å². The van der Waals surface area contributed by atoms with Gasteiger partial charge in [-0.2, -0.15) is 0 Å². The summed E-state index contributed by atoms with van der Waals surface area (Å²) in [6, 6.07) is 0. The Hall–Kier alpha value is 0.200. The van der Waals surface area contributed by atoms with Gasteiger partial charge in [-0.15, -0.1) is 0 Å². The van der Waals surface area contributed by atoms with Crippen LogP contribution in [0.3, 0.4) is 0 Å². The Labute approximate surface area is 72.0 Å². The van der Waals surface area contributed by atoms with E-state index in [1.807, 2.05) is 34.4 Å². The zero-order valence-electron chi connectivity index (χ0n) is 5.45. The summed E-state index contributed by atoms with van der Waals surface area (Å²) in [5, 5.41) is 4.31.